The maximum Gasteiger partial charge on any atom is 0.307 e. The Morgan fingerprint density at radius 1 is 1.77 bits per heavy atom. The van der Waals surface area contributed by atoms with Gasteiger partial charge in [-0.05, 0) is 12.8 Å². The van der Waals surface area contributed by atoms with E-state index in [0.717, 1.165) is 18.4 Å². The molecule has 4 heteroatoms. The maximum atomic E-state index is 10.8. The van der Waals surface area contributed by atoms with Crippen molar-refractivity contribution in [3.8, 4) is 0 Å². The van der Waals surface area contributed by atoms with Crippen LogP contribution >= 0.6 is 0 Å². The van der Waals surface area contributed by atoms with Crippen LogP contribution in [0, 0.1) is 5.92 Å². The molecule has 0 spiro atoms. The largest absolute Gasteiger partial charge is 0.481 e. The molecule has 0 bridgehead atoms. The van der Waals surface area contributed by atoms with Gasteiger partial charge in [-0.1, -0.05) is 12.1 Å². The molecule has 1 aromatic heterocycles. The summed E-state index contributed by atoms with van der Waals surface area (Å²) in [6, 6.07) is 0. The Morgan fingerprint density at radius 3 is 2.85 bits per heavy atom. The molecule has 1 aliphatic rings. The molecule has 1 saturated carbocycles. The predicted octanol–water partition coefficient (Wildman–Crippen LogP) is 1.43. The van der Waals surface area contributed by atoms with Crippen LogP contribution in [0.1, 0.15) is 25.3 Å². The van der Waals surface area contributed by atoms with Crippen LogP contribution in [0.5, 0.6) is 0 Å². The molecular formula is C9H11NO3. The number of aliphatic carboxylic acids is 1. The van der Waals surface area contributed by atoms with Gasteiger partial charge in [-0.15, -0.1) is 0 Å². The Kier molecular flexibility index (Phi) is 1.65. The fourth-order valence-electron chi connectivity index (χ4n) is 1.79. The Morgan fingerprint density at radius 2 is 2.46 bits per heavy atom. The fraction of sp³-hybridized carbons (Fsp3) is 0.556. The first kappa shape index (κ1) is 8.29. The van der Waals surface area contributed by atoms with Gasteiger partial charge in [0.05, 0.1) is 12.1 Å². The molecule has 1 heterocycles. The highest BCUT2D eigenvalue weighted by Crippen LogP contribution is 2.53. The van der Waals surface area contributed by atoms with Gasteiger partial charge in [-0.25, -0.2) is 0 Å². The molecular weight excluding hydrogens is 170 g/mol. The zero-order valence-electron chi connectivity index (χ0n) is 7.36. The lowest BCUT2D eigenvalue weighted by atomic mass is 9.86. The third-order valence-corrected chi connectivity index (χ3v) is 3.00. The van der Waals surface area contributed by atoms with Crippen LogP contribution in [0.15, 0.2) is 17.0 Å². The second kappa shape index (κ2) is 2.58. The summed E-state index contributed by atoms with van der Waals surface area (Å²) in [4.78, 5) is 10.8. The van der Waals surface area contributed by atoms with E-state index in [9.17, 15) is 4.79 Å². The summed E-state index contributed by atoms with van der Waals surface area (Å²) in [6.45, 7) is 1.74. The van der Waals surface area contributed by atoms with E-state index in [-0.39, 0.29) is 11.3 Å². The van der Waals surface area contributed by atoms with E-state index >= 15 is 0 Å². The quantitative estimate of drug-likeness (QED) is 0.766. The summed E-state index contributed by atoms with van der Waals surface area (Å²) >= 11 is 0. The molecule has 1 fully saturated rings. The molecule has 2 rings (SSSR count). The monoisotopic (exact) mass is 181 g/mol. The minimum Gasteiger partial charge on any atom is -0.481 e. The number of rotatable bonds is 3. The minimum absolute atomic E-state index is 0.203. The van der Waals surface area contributed by atoms with E-state index in [0.29, 0.717) is 0 Å². The van der Waals surface area contributed by atoms with Gasteiger partial charge in [0.2, 0.25) is 0 Å². The summed E-state index contributed by atoms with van der Waals surface area (Å²) < 4.78 is 4.73. The third-order valence-electron chi connectivity index (χ3n) is 3.00. The summed E-state index contributed by atoms with van der Waals surface area (Å²) in [6.07, 6.45) is 5.00. The number of carbonyl (C=O) groups is 1. The second-order valence-corrected chi connectivity index (χ2v) is 3.63. The first-order valence-electron chi connectivity index (χ1n) is 4.29. The Bertz CT molecular complexity index is 314. The SMILES string of the molecule is CC(C(=O)O)C1(c2cnoc2)CC1. The molecule has 0 aliphatic heterocycles. The van der Waals surface area contributed by atoms with Crippen LogP contribution in [-0.4, -0.2) is 16.2 Å². The molecule has 0 amide bonds. The number of carboxylic acids is 1. The van der Waals surface area contributed by atoms with Gasteiger partial charge in [0.1, 0.15) is 6.26 Å². The highest BCUT2D eigenvalue weighted by Gasteiger charge is 2.52. The van der Waals surface area contributed by atoms with Crippen LogP contribution in [0.4, 0.5) is 0 Å². The second-order valence-electron chi connectivity index (χ2n) is 3.63. The van der Waals surface area contributed by atoms with Crippen molar-refractivity contribution in [3.05, 3.63) is 18.0 Å². The molecule has 1 atom stereocenters. The minimum atomic E-state index is -0.751. The van der Waals surface area contributed by atoms with E-state index < -0.39 is 5.97 Å². The van der Waals surface area contributed by atoms with Crippen LogP contribution in [0.3, 0.4) is 0 Å². The lowest BCUT2D eigenvalue weighted by Gasteiger charge is -2.16. The normalized spacial score (nSPS) is 21.0. The summed E-state index contributed by atoms with van der Waals surface area (Å²) in [5.41, 5.74) is 0.716. The standard InChI is InChI=1S/C9H11NO3/c1-6(8(11)12)9(2-3-9)7-4-10-13-5-7/h4-6H,2-3H2,1H3,(H,11,12). The molecule has 0 aromatic carbocycles. The van der Waals surface area contributed by atoms with Crippen molar-refractivity contribution in [2.45, 2.75) is 25.2 Å². The molecule has 1 aliphatic carbocycles. The number of aromatic nitrogens is 1. The van der Waals surface area contributed by atoms with Gasteiger partial charge in [0.25, 0.3) is 0 Å². The highest BCUT2D eigenvalue weighted by molar-refractivity contribution is 5.72. The van der Waals surface area contributed by atoms with E-state index in [4.69, 9.17) is 9.63 Å². The molecule has 1 aromatic rings. The van der Waals surface area contributed by atoms with Crippen molar-refractivity contribution in [2.24, 2.45) is 5.92 Å². The maximum absolute atomic E-state index is 10.8. The zero-order valence-corrected chi connectivity index (χ0v) is 7.36. The van der Waals surface area contributed by atoms with E-state index in [2.05, 4.69) is 5.16 Å². The van der Waals surface area contributed by atoms with E-state index in [1.54, 1.807) is 19.4 Å². The van der Waals surface area contributed by atoms with Gasteiger partial charge < -0.3 is 9.63 Å². The predicted molar refractivity (Wildman–Crippen MR) is 44.2 cm³/mol. The van der Waals surface area contributed by atoms with E-state index in [1.807, 2.05) is 0 Å². The smallest absolute Gasteiger partial charge is 0.307 e. The fourth-order valence-corrected chi connectivity index (χ4v) is 1.79. The highest BCUT2D eigenvalue weighted by atomic mass is 16.5. The summed E-state index contributed by atoms with van der Waals surface area (Å²) in [5.74, 6) is -1.11. The topological polar surface area (TPSA) is 63.3 Å². The summed E-state index contributed by atoms with van der Waals surface area (Å²) in [7, 11) is 0. The van der Waals surface area contributed by atoms with Crippen LogP contribution in [-0.2, 0) is 10.2 Å². The first-order chi connectivity index (χ1) is 6.17. The van der Waals surface area contributed by atoms with Crippen molar-refractivity contribution in [2.75, 3.05) is 0 Å². The number of nitrogens with zero attached hydrogens (tertiary/aromatic N) is 1. The molecule has 0 saturated heterocycles. The van der Waals surface area contributed by atoms with Gasteiger partial charge in [-0.3, -0.25) is 4.79 Å². The van der Waals surface area contributed by atoms with Crippen molar-refractivity contribution in [1.29, 1.82) is 0 Å². The van der Waals surface area contributed by atoms with Gasteiger partial charge >= 0.3 is 5.97 Å². The number of hydrogen-bond acceptors (Lipinski definition) is 3. The first-order valence-corrected chi connectivity index (χ1v) is 4.29. The number of hydrogen-bond donors (Lipinski definition) is 1. The Hall–Kier alpha value is -1.32. The molecule has 70 valence electrons. The van der Waals surface area contributed by atoms with Crippen LogP contribution < -0.4 is 0 Å². The molecule has 0 radical (unpaired) electrons. The third kappa shape index (κ3) is 1.13. The van der Waals surface area contributed by atoms with Crippen molar-refractivity contribution in [1.82, 2.24) is 5.16 Å². The molecule has 4 nitrogen and oxygen atoms in total. The van der Waals surface area contributed by atoms with Crippen molar-refractivity contribution in [3.63, 3.8) is 0 Å². The van der Waals surface area contributed by atoms with Crippen LogP contribution in [0.25, 0.3) is 0 Å². The number of carboxylic acid groups (broad SMARTS) is 1. The Balaban J connectivity index is 2.27. The Labute approximate surface area is 75.5 Å². The molecule has 1 unspecified atom stereocenters. The van der Waals surface area contributed by atoms with E-state index in [1.165, 1.54) is 0 Å². The average molecular weight is 181 g/mol. The van der Waals surface area contributed by atoms with Crippen molar-refractivity contribution < 1.29 is 14.4 Å². The van der Waals surface area contributed by atoms with Crippen LogP contribution in [0.2, 0.25) is 0 Å². The lowest BCUT2D eigenvalue weighted by molar-refractivity contribution is -0.142. The van der Waals surface area contributed by atoms with Gasteiger partial charge in [0, 0.05) is 11.0 Å². The summed E-state index contributed by atoms with van der Waals surface area (Å²) in [5, 5.41) is 12.5. The lowest BCUT2D eigenvalue weighted by Crippen LogP contribution is -2.24. The zero-order chi connectivity index (χ0) is 9.47. The molecule has 13 heavy (non-hydrogen) atoms. The van der Waals surface area contributed by atoms with Gasteiger partial charge in [0.15, 0.2) is 0 Å². The van der Waals surface area contributed by atoms with Crippen molar-refractivity contribution >= 4 is 5.97 Å². The molecule has 1 N–H and O–H groups in total. The average Bonchev–Trinajstić information content (AvgIpc) is 2.72. The van der Waals surface area contributed by atoms with Gasteiger partial charge in [-0.2, -0.15) is 0 Å².